The van der Waals surface area contributed by atoms with Gasteiger partial charge in [-0.2, -0.15) is 5.10 Å². The molecule has 12 heteroatoms. The van der Waals surface area contributed by atoms with Gasteiger partial charge >= 0.3 is 11.9 Å². The number of carboxylic acid groups (broad SMARTS) is 1. The van der Waals surface area contributed by atoms with E-state index in [2.05, 4.69) is 26.8 Å². The van der Waals surface area contributed by atoms with Crippen molar-refractivity contribution in [1.29, 1.82) is 0 Å². The van der Waals surface area contributed by atoms with E-state index >= 15 is 0 Å². The second kappa shape index (κ2) is 19.4. The van der Waals surface area contributed by atoms with E-state index in [1.165, 1.54) is 0 Å². The average Bonchev–Trinajstić information content (AvgIpc) is 3.92. The number of aliphatic hydroxyl groups excluding tert-OH is 1. The third-order valence-corrected chi connectivity index (χ3v) is 18.6. The van der Waals surface area contributed by atoms with Crippen LogP contribution in [0, 0.1) is 53.3 Å². The van der Waals surface area contributed by atoms with Gasteiger partial charge in [0.2, 0.25) is 5.91 Å². The van der Waals surface area contributed by atoms with Crippen LogP contribution in [0.1, 0.15) is 119 Å². The summed E-state index contributed by atoms with van der Waals surface area (Å²) in [7, 11) is 0. The average molecular weight is 937 g/mol. The molecule has 0 spiro atoms. The Labute approximate surface area is 399 Å². The number of esters is 1. The number of aliphatic carboxylic acids is 1. The van der Waals surface area contributed by atoms with E-state index in [-0.39, 0.29) is 47.3 Å². The van der Waals surface area contributed by atoms with Gasteiger partial charge in [0.1, 0.15) is 11.9 Å². The first kappa shape index (κ1) is 46.8. The summed E-state index contributed by atoms with van der Waals surface area (Å²) in [6.45, 7) is 10.6. The molecule has 1 aliphatic heterocycles. The predicted octanol–water partition coefficient (Wildman–Crippen LogP) is 11.5. The molecule has 5 aliphatic rings. The molecule has 4 aromatic rings. The van der Waals surface area contributed by atoms with Gasteiger partial charge in [0.05, 0.1) is 36.7 Å². The van der Waals surface area contributed by atoms with Crippen molar-refractivity contribution in [2.45, 2.75) is 128 Å². The number of benzene rings is 3. The molecule has 2 N–H and O–H groups in total. The van der Waals surface area contributed by atoms with E-state index in [1.807, 2.05) is 83.5 Å². The summed E-state index contributed by atoms with van der Waals surface area (Å²) >= 11 is 8.01. The van der Waals surface area contributed by atoms with Gasteiger partial charge in [0.25, 0.3) is 0 Å². The van der Waals surface area contributed by atoms with Crippen molar-refractivity contribution in [2.24, 2.45) is 46.3 Å². The van der Waals surface area contributed by atoms with E-state index in [0.29, 0.717) is 72.7 Å². The van der Waals surface area contributed by atoms with E-state index in [1.54, 1.807) is 11.8 Å². The van der Waals surface area contributed by atoms with Gasteiger partial charge in [-0.15, -0.1) is 11.8 Å². The van der Waals surface area contributed by atoms with E-state index in [0.717, 1.165) is 102 Å². The second-order valence-electron chi connectivity index (χ2n) is 20.7. The van der Waals surface area contributed by atoms with E-state index in [4.69, 9.17) is 26.2 Å². The third-order valence-electron chi connectivity index (χ3n) is 17.1. The Bertz CT molecular complexity index is 2440. The van der Waals surface area contributed by atoms with Gasteiger partial charge in [0, 0.05) is 57.9 Å². The minimum absolute atomic E-state index is 0.0792. The standard InChI is InChI=1S/C54H66ClN3O7S/c1-33(16-19-49(61)62)41-17-18-42-50-43(21-23-54(41,42)4)53(3)22-20-39(28-38(53)29-46(50)59)65-52(63)36-10-5-9-35(27-36)31-57-32-37(30-56-57)40-11-6-13-45-51(40)66-26-24-58(45)48(60)15-8-25-64-47-14-7-12-44(55)34(47)2/h5-7,9-14,27,30,32-33,38-39,41-43,46,50,59H,8,15-26,28-29,31H2,1-4H3,(H,61,62)/t33-,38+,39-,41-,42+,43+,46-,50+,53+,54-/m1/s1. The Morgan fingerprint density at radius 3 is 2.59 bits per heavy atom. The molecule has 2 heterocycles. The van der Waals surface area contributed by atoms with Crippen molar-refractivity contribution >= 4 is 46.9 Å². The van der Waals surface area contributed by atoms with Crippen molar-refractivity contribution in [1.82, 2.24) is 9.78 Å². The number of thioether (sulfide) groups is 1. The second-order valence-corrected chi connectivity index (χ2v) is 22.2. The highest BCUT2D eigenvalue weighted by Gasteiger charge is 2.63. The molecular formula is C54H66ClN3O7S. The Kier molecular flexibility index (Phi) is 13.7. The first-order valence-corrected chi connectivity index (χ1v) is 25.8. The minimum atomic E-state index is -0.714. The number of nitrogens with zero attached hydrogens (tertiary/aromatic N) is 3. The fourth-order valence-electron chi connectivity index (χ4n) is 13.6. The quantitative estimate of drug-likeness (QED) is 0.0937. The number of amides is 1. The topological polar surface area (TPSA) is 131 Å². The lowest BCUT2D eigenvalue weighted by molar-refractivity contribution is -0.174. The summed E-state index contributed by atoms with van der Waals surface area (Å²) in [4.78, 5) is 41.6. The maximum absolute atomic E-state index is 13.8. The zero-order valence-electron chi connectivity index (χ0n) is 38.9. The summed E-state index contributed by atoms with van der Waals surface area (Å²) in [5.74, 6) is 2.97. The lowest BCUT2D eigenvalue weighted by Gasteiger charge is -2.62. The summed E-state index contributed by atoms with van der Waals surface area (Å²) in [5.41, 5.74) is 5.55. The number of carboxylic acids is 1. The fourth-order valence-corrected chi connectivity index (χ4v) is 14.9. The van der Waals surface area contributed by atoms with Gasteiger partial charge in [-0.3, -0.25) is 14.3 Å². The maximum atomic E-state index is 13.8. The SMILES string of the molecule is Cc1c(Cl)cccc1OCCCC(=O)N1CCSc2c(-c3cnn(Cc4cccc(C(=O)O[C@@H]5CC[C@@]6(C)[C@@H](C5)C[C@@H](O)[C@@H]5[C@@H]6CC[C@]6(C)[C@@H]([C@H](C)CCC(=O)O)CC[C@@H]56)c4)c3)cccc21. The molecule has 4 fully saturated rings. The van der Waals surface area contributed by atoms with Crippen molar-refractivity contribution in [3.63, 3.8) is 0 Å². The van der Waals surface area contributed by atoms with Gasteiger partial charge < -0.3 is 24.6 Å². The Balaban J connectivity index is 0.797. The summed E-state index contributed by atoms with van der Waals surface area (Å²) in [6, 6.07) is 19.4. The number of aliphatic hydroxyl groups is 1. The first-order chi connectivity index (χ1) is 31.7. The molecule has 0 unspecified atom stereocenters. The van der Waals surface area contributed by atoms with Gasteiger partial charge in [-0.1, -0.05) is 62.7 Å². The molecule has 10 nitrogen and oxygen atoms in total. The molecule has 0 saturated heterocycles. The molecule has 10 atom stereocenters. The number of anilines is 1. The highest BCUT2D eigenvalue weighted by Crippen LogP contribution is 2.68. The monoisotopic (exact) mass is 935 g/mol. The van der Waals surface area contributed by atoms with Crippen LogP contribution in [-0.4, -0.2) is 69.0 Å². The predicted molar refractivity (Wildman–Crippen MR) is 259 cm³/mol. The molecule has 66 heavy (non-hydrogen) atoms. The molecule has 0 bridgehead atoms. The molecule has 352 valence electrons. The van der Waals surface area contributed by atoms with Crippen LogP contribution in [0.2, 0.25) is 5.02 Å². The van der Waals surface area contributed by atoms with Crippen molar-refractivity contribution in [3.05, 3.63) is 94.8 Å². The van der Waals surface area contributed by atoms with Gasteiger partial charge in [0.15, 0.2) is 0 Å². The highest BCUT2D eigenvalue weighted by atomic mass is 35.5. The van der Waals surface area contributed by atoms with Crippen molar-refractivity contribution in [2.75, 3.05) is 23.8 Å². The van der Waals surface area contributed by atoms with Crippen LogP contribution < -0.4 is 9.64 Å². The Hall–Kier alpha value is -4.32. The molecule has 4 aliphatic carbocycles. The minimum Gasteiger partial charge on any atom is -0.493 e. The highest BCUT2D eigenvalue weighted by molar-refractivity contribution is 7.99. The van der Waals surface area contributed by atoms with Crippen LogP contribution >= 0.6 is 23.4 Å². The number of hydrogen-bond acceptors (Lipinski definition) is 8. The van der Waals surface area contributed by atoms with Crippen LogP contribution in [0.3, 0.4) is 0 Å². The lowest BCUT2D eigenvalue weighted by Crippen LogP contribution is -2.58. The number of hydrogen-bond donors (Lipinski definition) is 2. The van der Waals surface area contributed by atoms with Crippen molar-refractivity contribution in [3.8, 4) is 16.9 Å². The zero-order valence-corrected chi connectivity index (χ0v) is 40.5. The lowest BCUT2D eigenvalue weighted by atomic mass is 9.43. The largest absolute Gasteiger partial charge is 0.493 e. The zero-order chi connectivity index (χ0) is 46.3. The number of ether oxygens (including phenoxy) is 2. The normalized spacial score (nSPS) is 29.5. The molecule has 9 rings (SSSR count). The molecule has 1 amide bonds. The maximum Gasteiger partial charge on any atom is 0.338 e. The third kappa shape index (κ3) is 9.17. The number of fused-ring (bicyclic) bond motifs is 6. The van der Waals surface area contributed by atoms with E-state index < -0.39 is 5.97 Å². The molecule has 1 aromatic heterocycles. The Morgan fingerprint density at radius 2 is 1.76 bits per heavy atom. The first-order valence-electron chi connectivity index (χ1n) is 24.4. The fraction of sp³-hybridized carbons (Fsp3) is 0.556. The number of carbonyl (C=O) groups is 3. The summed E-state index contributed by atoms with van der Waals surface area (Å²) < 4.78 is 14.1. The molecular weight excluding hydrogens is 870 g/mol. The molecule has 4 saturated carbocycles. The van der Waals surface area contributed by atoms with Crippen LogP contribution in [0.25, 0.3) is 11.1 Å². The Morgan fingerprint density at radius 1 is 0.970 bits per heavy atom. The summed E-state index contributed by atoms with van der Waals surface area (Å²) in [5, 5.41) is 26.7. The van der Waals surface area contributed by atoms with Gasteiger partial charge in [-0.25, -0.2) is 4.79 Å². The van der Waals surface area contributed by atoms with Gasteiger partial charge in [-0.05, 0) is 153 Å². The number of rotatable bonds is 14. The van der Waals surface area contributed by atoms with Crippen LogP contribution in [0.5, 0.6) is 5.75 Å². The molecule has 3 aromatic carbocycles. The van der Waals surface area contributed by atoms with Crippen molar-refractivity contribution < 1.29 is 34.1 Å². The van der Waals surface area contributed by atoms with Crippen LogP contribution in [0.15, 0.2) is 78.0 Å². The molecule has 0 radical (unpaired) electrons. The van der Waals surface area contributed by atoms with E-state index in [9.17, 15) is 24.6 Å². The number of carbonyl (C=O) groups excluding carboxylic acids is 2. The smallest absolute Gasteiger partial charge is 0.338 e. The van der Waals surface area contributed by atoms with Crippen LogP contribution in [-0.2, 0) is 20.9 Å². The summed E-state index contributed by atoms with van der Waals surface area (Å²) in [6.07, 6.45) is 13.1. The van der Waals surface area contributed by atoms with Crippen LogP contribution in [0.4, 0.5) is 5.69 Å². The number of halogens is 1. The number of aromatic nitrogens is 2.